The molecule has 1 heterocycles. The fourth-order valence-electron chi connectivity index (χ4n) is 2.97. The number of aliphatic imine (C=N–C) groups is 1. The van der Waals surface area contributed by atoms with Crippen LogP contribution >= 0.6 is 12.4 Å². The summed E-state index contributed by atoms with van der Waals surface area (Å²) in [4.78, 5) is 4.69. The molecule has 0 saturated carbocycles. The van der Waals surface area contributed by atoms with E-state index in [4.69, 9.17) is 19.2 Å². The average Bonchev–Trinajstić information content (AvgIpc) is 2.62. The van der Waals surface area contributed by atoms with Gasteiger partial charge in [0.1, 0.15) is 0 Å². The van der Waals surface area contributed by atoms with Crippen LogP contribution in [0.3, 0.4) is 0 Å². The van der Waals surface area contributed by atoms with Crippen LogP contribution in [-0.2, 0) is 12.8 Å². The number of benzene rings is 2. The van der Waals surface area contributed by atoms with Crippen molar-refractivity contribution in [2.45, 2.75) is 12.8 Å². The zero-order chi connectivity index (χ0) is 17.1. The normalized spacial score (nSPS) is 12.5. The van der Waals surface area contributed by atoms with Gasteiger partial charge in [0.05, 0.1) is 21.3 Å². The molecule has 1 N–H and O–H groups in total. The highest BCUT2D eigenvalue weighted by Crippen LogP contribution is 2.33. The molecule has 0 bridgehead atoms. The quantitative estimate of drug-likeness (QED) is 0.884. The minimum absolute atomic E-state index is 0. The zero-order valence-corrected chi connectivity index (χ0v) is 15.4. The lowest BCUT2D eigenvalue weighted by atomic mass is 9.93. The second-order valence-corrected chi connectivity index (χ2v) is 5.63. The third-order valence-electron chi connectivity index (χ3n) is 4.22. The Kier molecular flexibility index (Phi) is 6.15. The lowest BCUT2D eigenvalue weighted by molar-refractivity contribution is 0.354. The highest BCUT2D eigenvalue weighted by atomic mass is 35.5. The Balaban J connectivity index is 0.00000225. The van der Waals surface area contributed by atoms with Crippen LogP contribution in [0.15, 0.2) is 35.3 Å². The number of ether oxygens (including phenoxy) is 3. The van der Waals surface area contributed by atoms with Gasteiger partial charge in [0.15, 0.2) is 23.0 Å². The summed E-state index contributed by atoms with van der Waals surface area (Å²) in [5, 5.41) is 9.74. The number of nitrogens with zero attached hydrogens (tertiary/aromatic N) is 1. The summed E-state index contributed by atoms with van der Waals surface area (Å²) in [6.07, 6.45) is 1.55. The maximum absolute atomic E-state index is 9.74. The fraction of sp³-hybridized carbons (Fsp3) is 0.316. The molecule has 6 heteroatoms. The van der Waals surface area contributed by atoms with Crippen LogP contribution in [0.2, 0.25) is 0 Å². The van der Waals surface area contributed by atoms with Crippen molar-refractivity contribution in [1.29, 1.82) is 0 Å². The third-order valence-corrected chi connectivity index (χ3v) is 4.22. The molecule has 2 aromatic rings. The van der Waals surface area contributed by atoms with Gasteiger partial charge in [-0.05, 0) is 41.8 Å². The van der Waals surface area contributed by atoms with Gasteiger partial charge in [0, 0.05) is 24.2 Å². The van der Waals surface area contributed by atoms with E-state index in [9.17, 15) is 5.11 Å². The number of hydrogen-bond donors (Lipinski definition) is 1. The molecular weight excluding hydrogens is 342 g/mol. The maximum atomic E-state index is 9.74. The Labute approximate surface area is 153 Å². The average molecular weight is 364 g/mol. The number of rotatable bonds is 5. The Morgan fingerprint density at radius 2 is 1.64 bits per heavy atom. The molecule has 0 radical (unpaired) electrons. The van der Waals surface area contributed by atoms with Crippen molar-refractivity contribution in [3.8, 4) is 23.0 Å². The van der Waals surface area contributed by atoms with Gasteiger partial charge in [0.2, 0.25) is 0 Å². The van der Waals surface area contributed by atoms with Gasteiger partial charge >= 0.3 is 0 Å². The number of phenols is 1. The smallest absolute Gasteiger partial charge is 0.161 e. The van der Waals surface area contributed by atoms with E-state index in [0.29, 0.717) is 17.9 Å². The van der Waals surface area contributed by atoms with E-state index in [0.717, 1.165) is 35.6 Å². The molecule has 2 aromatic carbocycles. The number of fused-ring (bicyclic) bond motifs is 1. The summed E-state index contributed by atoms with van der Waals surface area (Å²) >= 11 is 0. The molecule has 1 aliphatic heterocycles. The molecule has 0 saturated heterocycles. The van der Waals surface area contributed by atoms with E-state index in [1.165, 1.54) is 5.56 Å². The van der Waals surface area contributed by atoms with Gasteiger partial charge in [-0.25, -0.2) is 0 Å². The van der Waals surface area contributed by atoms with Gasteiger partial charge in [-0.3, -0.25) is 4.99 Å². The molecule has 0 spiro atoms. The Hall–Kier alpha value is -2.40. The number of aromatic hydroxyl groups is 1. The van der Waals surface area contributed by atoms with Crippen LogP contribution in [-0.4, -0.2) is 38.7 Å². The predicted molar refractivity (Wildman–Crippen MR) is 100 cm³/mol. The highest BCUT2D eigenvalue weighted by molar-refractivity contribution is 6.04. The molecule has 0 aromatic heterocycles. The molecule has 0 atom stereocenters. The van der Waals surface area contributed by atoms with Gasteiger partial charge < -0.3 is 19.3 Å². The Morgan fingerprint density at radius 3 is 2.32 bits per heavy atom. The van der Waals surface area contributed by atoms with Gasteiger partial charge in [-0.15, -0.1) is 12.4 Å². The number of hydrogen-bond acceptors (Lipinski definition) is 5. The lowest BCUT2D eigenvalue weighted by Gasteiger charge is -2.20. The molecule has 1 aliphatic rings. The summed E-state index contributed by atoms with van der Waals surface area (Å²) < 4.78 is 16.0. The number of methoxy groups -OCH3 is 3. The van der Waals surface area contributed by atoms with E-state index in [2.05, 4.69) is 0 Å². The van der Waals surface area contributed by atoms with Crippen molar-refractivity contribution in [2.24, 2.45) is 4.99 Å². The van der Waals surface area contributed by atoms with Crippen LogP contribution in [0, 0.1) is 0 Å². The zero-order valence-electron chi connectivity index (χ0n) is 14.5. The van der Waals surface area contributed by atoms with E-state index >= 15 is 0 Å². The van der Waals surface area contributed by atoms with E-state index in [1.54, 1.807) is 27.4 Å². The fourth-order valence-corrected chi connectivity index (χ4v) is 2.97. The summed E-state index contributed by atoms with van der Waals surface area (Å²) in [5.41, 5.74) is 4.34. The van der Waals surface area contributed by atoms with Crippen LogP contribution in [0.5, 0.6) is 23.0 Å². The van der Waals surface area contributed by atoms with E-state index in [-0.39, 0.29) is 18.2 Å². The van der Waals surface area contributed by atoms with Gasteiger partial charge in [-0.1, -0.05) is 6.07 Å². The number of phenolic OH excluding ortho intramolecular Hbond substituents is 1. The highest BCUT2D eigenvalue weighted by Gasteiger charge is 2.19. The van der Waals surface area contributed by atoms with Crippen LogP contribution in [0.4, 0.5) is 0 Å². The molecular formula is C19H22ClNO4. The first-order chi connectivity index (χ1) is 11.7. The van der Waals surface area contributed by atoms with Crippen molar-refractivity contribution >= 4 is 18.1 Å². The molecule has 0 unspecified atom stereocenters. The SMILES string of the molecule is COc1cc(CC2=NCCc3cc(OC)c(OC)cc32)ccc1O.Cl. The minimum Gasteiger partial charge on any atom is -0.504 e. The summed E-state index contributed by atoms with van der Waals surface area (Å²) in [7, 11) is 4.82. The Morgan fingerprint density at radius 1 is 0.960 bits per heavy atom. The van der Waals surface area contributed by atoms with E-state index in [1.807, 2.05) is 24.3 Å². The summed E-state index contributed by atoms with van der Waals surface area (Å²) in [5.74, 6) is 2.05. The second kappa shape index (κ2) is 8.12. The monoisotopic (exact) mass is 363 g/mol. The molecule has 0 amide bonds. The standard InChI is InChI=1S/C19H21NO4.ClH/c1-22-17-9-12(4-5-16(17)21)8-15-14-11-19(24-3)18(23-2)10-13(14)6-7-20-15;/h4-5,9-11,21H,6-8H2,1-3H3;1H. The molecule has 25 heavy (non-hydrogen) atoms. The van der Waals surface area contributed by atoms with Gasteiger partial charge in [-0.2, -0.15) is 0 Å². The third kappa shape index (κ3) is 3.82. The van der Waals surface area contributed by atoms with Crippen molar-refractivity contribution < 1.29 is 19.3 Å². The summed E-state index contributed by atoms with van der Waals surface area (Å²) in [6.45, 7) is 0.757. The van der Waals surface area contributed by atoms with Crippen LogP contribution in [0.1, 0.15) is 16.7 Å². The molecule has 5 nitrogen and oxygen atoms in total. The van der Waals surface area contributed by atoms with Crippen molar-refractivity contribution in [3.63, 3.8) is 0 Å². The predicted octanol–water partition coefficient (Wildman–Crippen LogP) is 3.43. The molecule has 3 rings (SSSR count). The maximum Gasteiger partial charge on any atom is 0.161 e. The van der Waals surface area contributed by atoms with E-state index < -0.39 is 0 Å². The number of halogens is 1. The first kappa shape index (κ1) is 18.9. The summed E-state index contributed by atoms with van der Waals surface area (Å²) in [6, 6.07) is 9.39. The lowest BCUT2D eigenvalue weighted by Crippen LogP contribution is -2.16. The largest absolute Gasteiger partial charge is 0.504 e. The first-order valence-corrected chi connectivity index (χ1v) is 7.80. The topological polar surface area (TPSA) is 60.3 Å². The van der Waals surface area contributed by atoms with Crippen LogP contribution < -0.4 is 14.2 Å². The molecule has 134 valence electrons. The van der Waals surface area contributed by atoms with Gasteiger partial charge in [0.25, 0.3) is 0 Å². The van der Waals surface area contributed by atoms with Crippen LogP contribution in [0.25, 0.3) is 0 Å². The van der Waals surface area contributed by atoms with Crippen molar-refractivity contribution in [1.82, 2.24) is 0 Å². The minimum atomic E-state index is 0. The molecule has 0 aliphatic carbocycles. The molecule has 0 fully saturated rings. The second-order valence-electron chi connectivity index (χ2n) is 5.63. The van der Waals surface area contributed by atoms with Crippen molar-refractivity contribution in [3.05, 3.63) is 47.0 Å². The van der Waals surface area contributed by atoms with Crippen molar-refractivity contribution in [2.75, 3.05) is 27.9 Å². The Bertz CT molecular complexity index is 789. The first-order valence-electron chi connectivity index (χ1n) is 7.80.